The van der Waals surface area contributed by atoms with Crippen LogP contribution in [0.1, 0.15) is 19.8 Å². The minimum atomic E-state index is -4.24. The summed E-state index contributed by atoms with van der Waals surface area (Å²) in [7, 11) is 0. The van der Waals surface area contributed by atoms with Crippen LogP contribution in [0.25, 0.3) is 0 Å². The Morgan fingerprint density at radius 1 is 1.22 bits per heavy atom. The van der Waals surface area contributed by atoms with Crippen LogP contribution in [0.5, 0.6) is 11.8 Å². The molecule has 0 amide bonds. The number of nitrogen functional groups attached to an aromatic ring is 1. The van der Waals surface area contributed by atoms with E-state index in [0.29, 0.717) is 12.3 Å². The molecule has 0 unspecified atom stereocenters. The van der Waals surface area contributed by atoms with Crippen LogP contribution < -0.4 is 15.2 Å². The van der Waals surface area contributed by atoms with Gasteiger partial charge in [0.15, 0.2) is 0 Å². The van der Waals surface area contributed by atoms with E-state index in [1.54, 1.807) is 0 Å². The molecule has 0 saturated heterocycles. The van der Waals surface area contributed by atoms with Crippen molar-refractivity contribution in [2.45, 2.75) is 25.9 Å². The Kier molecular flexibility index (Phi) is 5.06. The number of aromatic nitrogens is 1. The average Bonchev–Trinajstić information content (AvgIpc) is 2.28. The Bertz CT molecular complexity index is 383. The van der Waals surface area contributed by atoms with Crippen LogP contribution in [0, 0.1) is 0 Å². The van der Waals surface area contributed by atoms with Gasteiger partial charge in [0, 0.05) is 6.07 Å². The zero-order valence-corrected chi connectivity index (χ0v) is 9.96. The first kappa shape index (κ1) is 14.4. The van der Waals surface area contributed by atoms with Gasteiger partial charge in [-0.3, -0.25) is 0 Å². The molecule has 18 heavy (non-hydrogen) atoms. The zero-order chi connectivity index (χ0) is 13.6. The number of pyridine rings is 1. The lowest BCUT2D eigenvalue weighted by Crippen LogP contribution is -2.13. The second-order valence-electron chi connectivity index (χ2n) is 3.61. The first-order chi connectivity index (χ1) is 8.42. The fourth-order valence-corrected chi connectivity index (χ4v) is 1.10. The molecule has 0 aliphatic carbocycles. The van der Waals surface area contributed by atoms with Crippen molar-refractivity contribution >= 4 is 5.69 Å². The maximum Gasteiger partial charge on any atom is 0.392 e. The van der Waals surface area contributed by atoms with Gasteiger partial charge in [-0.1, -0.05) is 6.92 Å². The number of anilines is 1. The summed E-state index contributed by atoms with van der Waals surface area (Å²) in [6.07, 6.45) is -4.49. The van der Waals surface area contributed by atoms with Gasteiger partial charge in [-0.2, -0.15) is 18.2 Å². The maximum atomic E-state index is 11.9. The Hall–Kier alpha value is -1.66. The lowest BCUT2D eigenvalue weighted by atomic mass is 10.4. The first-order valence-electron chi connectivity index (χ1n) is 5.51. The molecular weight excluding hydrogens is 249 g/mol. The van der Waals surface area contributed by atoms with Crippen molar-refractivity contribution in [2.75, 3.05) is 18.9 Å². The van der Waals surface area contributed by atoms with Crippen molar-refractivity contribution in [2.24, 2.45) is 0 Å². The summed E-state index contributed by atoms with van der Waals surface area (Å²) >= 11 is 0. The number of nitrogens with two attached hydrogens (primary N) is 1. The van der Waals surface area contributed by atoms with Gasteiger partial charge in [0.2, 0.25) is 11.8 Å². The van der Waals surface area contributed by atoms with Crippen LogP contribution >= 0.6 is 0 Å². The van der Waals surface area contributed by atoms with Gasteiger partial charge in [-0.15, -0.1) is 0 Å². The zero-order valence-electron chi connectivity index (χ0n) is 9.96. The number of hydrogen-bond acceptors (Lipinski definition) is 4. The van der Waals surface area contributed by atoms with Gasteiger partial charge in [-0.25, -0.2) is 0 Å². The molecule has 1 aromatic rings. The summed E-state index contributed by atoms with van der Waals surface area (Å²) in [6, 6.07) is 2.89. The monoisotopic (exact) mass is 264 g/mol. The van der Waals surface area contributed by atoms with Crippen molar-refractivity contribution in [3.63, 3.8) is 0 Å². The minimum absolute atomic E-state index is 0.0690. The van der Waals surface area contributed by atoms with Gasteiger partial charge in [-0.05, 0) is 12.5 Å². The molecule has 102 valence electrons. The van der Waals surface area contributed by atoms with Crippen LogP contribution in [-0.2, 0) is 0 Å². The van der Waals surface area contributed by atoms with E-state index in [9.17, 15) is 13.2 Å². The Morgan fingerprint density at radius 2 is 1.94 bits per heavy atom. The summed E-state index contributed by atoms with van der Waals surface area (Å²) in [4.78, 5) is 3.89. The van der Waals surface area contributed by atoms with Gasteiger partial charge in [0.1, 0.15) is 0 Å². The average molecular weight is 264 g/mol. The summed E-state index contributed by atoms with van der Waals surface area (Å²) < 4.78 is 45.9. The van der Waals surface area contributed by atoms with Crippen LogP contribution in [-0.4, -0.2) is 24.4 Å². The van der Waals surface area contributed by atoms with E-state index < -0.39 is 19.2 Å². The van der Waals surface area contributed by atoms with Crippen LogP contribution in [0.3, 0.4) is 0 Å². The number of halogens is 3. The normalized spacial score (nSPS) is 11.3. The fraction of sp³-hybridized carbons (Fsp3) is 0.545. The summed E-state index contributed by atoms with van der Waals surface area (Å²) in [5.41, 5.74) is 5.93. The predicted molar refractivity (Wildman–Crippen MR) is 60.6 cm³/mol. The van der Waals surface area contributed by atoms with Crippen LogP contribution in [0.4, 0.5) is 18.9 Å². The van der Waals surface area contributed by atoms with Gasteiger partial charge >= 0.3 is 6.18 Å². The SMILES string of the molecule is CCCOc1nc(OCCC(F)(F)F)ccc1N. The van der Waals surface area contributed by atoms with E-state index in [0.717, 1.165) is 6.42 Å². The highest BCUT2D eigenvalue weighted by molar-refractivity contribution is 5.49. The fourth-order valence-electron chi connectivity index (χ4n) is 1.10. The first-order valence-corrected chi connectivity index (χ1v) is 5.51. The van der Waals surface area contributed by atoms with Crippen molar-refractivity contribution in [3.8, 4) is 11.8 Å². The molecule has 4 nitrogen and oxygen atoms in total. The van der Waals surface area contributed by atoms with E-state index in [2.05, 4.69) is 4.98 Å². The number of hydrogen-bond donors (Lipinski definition) is 1. The molecule has 1 heterocycles. The molecule has 0 atom stereocenters. The molecule has 0 aliphatic rings. The summed E-state index contributed by atoms with van der Waals surface area (Å²) in [5.74, 6) is 0.251. The Morgan fingerprint density at radius 3 is 2.56 bits per heavy atom. The smallest absolute Gasteiger partial charge is 0.392 e. The van der Waals surface area contributed by atoms with Crippen molar-refractivity contribution in [3.05, 3.63) is 12.1 Å². The Balaban J connectivity index is 2.56. The molecule has 0 radical (unpaired) electrons. The second kappa shape index (κ2) is 6.32. The maximum absolute atomic E-state index is 11.9. The van der Waals surface area contributed by atoms with Gasteiger partial charge in [0.25, 0.3) is 0 Å². The standard InChI is InChI=1S/C11H15F3N2O2/c1-2-6-18-10-8(15)3-4-9(16-10)17-7-5-11(12,13)14/h3-4H,2,5-7,15H2,1H3. The molecule has 0 saturated carbocycles. The number of alkyl halides is 3. The molecule has 2 N–H and O–H groups in total. The number of ether oxygens (including phenoxy) is 2. The molecule has 0 fully saturated rings. The largest absolute Gasteiger partial charge is 0.477 e. The molecular formula is C11H15F3N2O2. The van der Waals surface area contributed by atoms with Crippen LogP contribution in [0.2, 0.25) is 0 Å². The van der Waals surface area contributed by atoms with Crippen molar-refractivity contribution < 1.29 is 22.6 Å². The van der Waals surface area contributed by atoms with E-state index in [4.69, 9.17) is 15.2 Å². The highest BCUT2D eigenvalue weighted by Crippen LogP contribution is 2.24. The highest BCUT2D eigenvalue weighted by atomic mass is 19.4. The topological polar surface area (TPSA) is 57.4 Å². The molecule has 0 spiro atoms. The van der Waals surface area contributed by atoms with E-state index in [1.165, 1.54) is 12.1 Å². The van der Waals surface area contributed by atoms with Crippen molar-refractivity contribution in [1.82, 2.24) is 4.98 Å². The third-order valence-electron chi connectivity index (χ3n) is 1.94. The number of nitrogens with zero attached hydrogens (tertiary/aromatic N) is 1. The number of rotatable bonds is 6. The highest BCUT2D eigenvalue weighted by Gasteiger charge is 2.26. The lowest BCUT2D eigenvalue weighted by Gasteiger charge is -2.10. The Labute approximate surface area is 103 Å². The molecule has 1 aromatic heterocycles. The van der Waals surface area contributed by atoms with Gasteiger partial charge in [0.05, 0.1) is 25.3 Å². The quantitative estimate of drug-likeness (QED) is 0.858. The lowest BCUT2D eigenvalue weighted by molar-refractivity contribution is -0.139. The molecule has 0 aromatic carbocycles. The molecule has 7 heteroatoms. The van der Waals surface area contributed by atoms with E-state index in [1.807, 2.05) is 6.92 Å². The third-order valence-corrected chi connectivity index (χ3v) is 1.94. The second-order valence-corrected chi connectivity index (χ2v) is 3.61. The van der Waals surface area contributed by atoms with Crippen molar-refractivity contribution in [1.29, 1.82) is 0 Å². The predicted octanol–water partition coefficient (Wildman–Crippen LogP) is 2.78. The van der Waals surface area contributed by atoms with Gasteiger partial charge < -0.3 is 15.2 Å². The summed E-state index contributed by atoms with van der Waals surface area (Å²) in [6.45, 7) is 1.87. The summed E-state index contributed by atoms with van der Waals surface area (Å²) in [5, 5.41) is 0. The molecule has 1 rings (SSSR count). The molecule has 0 bridgehead atoms. The third kappa shape index (κ3) is 5.11. The van der Waals surface area contributed by atoms with Crippen LogP contribution in [0.15, 0.2) is 12.1 Å². The van der Waals surface area contributed by atoms with E-state index >= 15 is 0 Å². The molecule has 0 aliphatic heterocycles. The van der Waals surface area contributed by atoms with E-state index in [-0.39, 0.29) is 11.8 Å². The minimum Gasteiger partial charge on any atom is -0.477 e.